The van der Waals surface area contributed by atoms with E-state index in [0.717, 1.165) is 0 Å². The van der Waals surface area contributed by atoms with Gasteiger partial charge in [-0.2, -0.15) is 0 Å². The summed E-state index contributed by atoms with van der Waals surface area (Å²) < 4.78 is 1.62. The third kappa shape index (κ3) is 2.40. The van der Waals surface area contributed by atoms with Gasteiger partial charge < -0.3 is 10.8 Å². The van der Waals surface area contributed by atoms with Crippen molar-refractivity contribution in [2.45, 2.75) is 10.9 Å². The Kier molecular flexibility index (Phi) is 3.42. The lowest BCUT2D eigenvalue weighted by molar-refractivity contribution is 0.0695. The molecule has 9 heteroatoms. The van der Waals surface area contributed by atoms with Crippen LogP contribution in [-0.4, -0.2) is 35.8 Å². The first-order valence-electron chi connectivity index (χ1n) is 4.89. The number of carboxylic acid groups (broad SMARTS) is 1. The van der Waals surface area contributed by atoms with Crippen molar-refractivity contribution in [3.8, 4) is 0 Å². The van der Waals surface area contributed by atoms with Crippen LogP contribution in [0, 0.1) is 0 Å². The molecule has 0 aromatic carbocycles. The van der Waals surface area contributed by atoms with Gasteiger partial charge in [0.05, 0.1) is 5.69 Å². The third-order valence-electron chi connectivity index (χ3n) is 2.23. The Hall–Kier alpha value is -2.16. The summed E-state index contributed by atoms with van der Waals surface area (Å²) in [6, 6.07) is 0. The monoisotopic (exact) mass is 266 g/mol. The van der Waals surface area contributed by atoms with Gasteiger partial charge >= 0.3 is 5.97 Å². The SMILES string of the molecule is Cn1c(N)nnc1SCc1ncncc1C(=O)O. The summed E-state index contributed by atoms with van der Waals surface area (Å²) in [7, 11) is 1.73. The van der Waals surface area contributed by atoms with Crippen LogP contribution in [0.2, 0.25) is 0 Å². The maximum atomic E-state index is 11.0. The number of anilines is 1. The van der Waals surface area contributed by atoms with Crippen LogP contribution >= 0.6 is 11.8 Å². The molecule has 0 fully saturated rings. The lowest BCUT2D eigenvalue weighted by atomic mass is 10.2. The van der Waals surface area contributed by atoms with Crippen molar-refractivity contribution < 1.29 is 9.90 Å². The second kappa shape index (κ2) is 5.00. The number of aromatic nitrogens is 5. The van der Waals surface area contributed by atoms with Crippen LogP contribution in [0.15, 0.2) is 17.7 Å². The van der Waals surface area contributed by atoms with Crippen LogP contribution in [0.5, 0.6) is 0 Å². The lowest BCUT2D eigenvalue weighted by Crippen LogP contribution is -2.05. The number of thioether (sulfide) groups is 1. The molecule has 0 aliphatic heterocycles. The molecular weight excluding hydrogens is 256 g/mol. The van der Waals surface area contributed by atoms with Crippen molar-refractivity contribution in [3.05, 3.63) is 23.8 Å². The lowest BCUT2D eigenvalue weighted by Gasteiger charge is -2.03. The largest absolute Gasteiger partial charge is 0.478 e. The van der Waals surface area contributed by atoms with Crippen molar-refractivity contribution in [1.29, 1.82) is 0 Å². The number of hydrogen-bond donors (Lipinski definition) is 2. The van der Waals surface area contributed by atoms with E-state index in [-0.39, 0.29) is 5.56 Å². The average molecular weight is 266 g/mol. The summed E-state index contributed by atoms with van der Waals surface area (Å²) in [5, 5.41) is 17.2. The second-order valence-corrected chi connectivity index (χ2v) is 4.32. The van der Waals surface area contributed by atoms with Gasteiger partial charge in [0.15, 0.2) is 5.16 Å². The van der Waals surface area contributed by atoms with E-state index in [2.05, 4.69) is 20.2 Å². The Morgan fingerprint density at radius 2 is 2.33 bits per heavy atom. The predicted molar refractivity (Wildman–Crippen MR) is 64.0 cm³/mol. The summed E-state index contributed by atoms with van der Waals surface area (Å²) in [5.74, 6) is -0.391. The molecule has 2 aromatic rings. The Labute approximate surface area is 106 Å². The first-order valence-corrected chi connectivity index (χ1v) is 5.88. The summed E-state index contributed by atoms with van der Waals surface area (Å²) in [4.78, 5) is 18.6. The summed E-state index contributed by atoms with van der Waals surface area (Å²) in [5.41, 5.74) is 6.06. The van der Waals surface area contributed by atoms with Crippen molar-refractivity contribution in [3.63, 3.8) is 0 Å². The van der Waals surface area contributed by atoms with Crippen LogP contribution in [0.4, 0.5) is 5.95 Å². The minimum Gasteiger partial charge on any atom is -0.478 e. The molecular formula is C9H10N6O2S. The van der Waals surface area contributed by atoms with Crippen LogP contribution in [-0.2, 0) is 12.8 Å². The minimum atomic E-state index is -1.05. The van der Waals surface area contributed by atoms with Gasteiger partial charge in [-0.3, -0.25) is 4.57 Å². The molecule has 94 valence electrons. The molecule has 2 heterocycles. The highest BCUT2D eigenvalue weighted by Crippen LogP contribution is 2.21. The quantitative estimate of drug-likeness (QED) is 0.752. The number of nitrogens with zero attached hydrogens (tertiary/aromatic N) is 5. The molecule has 2 aromatic heterocycles. The minimum absolute atomic E-state index is 0.0835. The highest BCUT2D eigenvalue weighted by Gasteiger charge is 2.13. The number of nitrogen functional groups attached to an aromatic ring is 1. The number of rotatable bonds is 4. The molecule has 0 spiro atoms. The van der Waals surface area contributed by atoms with Gasteiger partial charge in [0, 0.05) is 19.0 Å². The van der Waals surface area contributed by atoms with Crippen LogP contribution in [0.3, 0.4) is 0 Å². The Balaban J connectivity index is 2.16. The zero-order chi connectivity index (χ0) is 13.1. The maximum absolute atomic E-state index is 11.0. The molecule has 0 atom stereocenters. The van der Waals surface area contributed by atoms with Crippen molar-refractivity contribution in [2.75, 3.05) is 5.73 Å². The molecule has 0 amide bonds. The molecule has 0 unspecified atom stereocenters. The highest BCUT2D eigenvalue weighted by molar-refractivity contribution is 7.98. The van der Waals surface area contributed by atoms with E-state index in [0.29, 0.717) is 22.6 Å². The van der Waals surface area contributed by atoms with Gasteiger partial charge in [-0.25, -0.2) is 14.8 Å². The summed E-state index contributed by atoms with van der Waals surface area (Å²) in [6.45, 7) is 0. The van der Waals surface area contributed by atoms with E-state index >= 15 is 0 Å². The van der Waals surface area contributed by atoms with E-state index in [1.807, 2.05) is 0 Å². The fourth-order valence-corrected chi connectivity index (χ4v) is 2.11. The van der Waals surface area contributed by atoms with E-state index < -0.39 is 5.97 Å². The molecule has 0 saturated carbocycles. The second-order valence-electron chi connectivity index (χ2n) is 3.38. The third-order valence-corrected chi connectivity index (χ3v) is 3.26. The molecule has 18 heavy (non-hydrogen) atoms. The molecule has 0 radical (unpaired) electrons. The Bertz CT molecular complexity index is 584. The molecule has 0 aliphatic rings. The van der Waals surface area contributed by atoms with Gasteiger partial charge in [0.2, 0.25) is 5.95 Å². The molecule has 3 N–H and O–H groups in total. The van der Waals surface area contributed by atoms with E-state index in [4.69, 9.17) is 10.8 Å². The van der Waals surface area contributed by atoms with E-state index in [1.54, 1.807) is 11.6 Å². The van der Waals surface area contributed by atoms with E-state index in [9.17, 15) is 4.79 Å². The van der Waals surface area contributed by atoms with E-state index in [1.165, 1.54) is 24.3 Å². The Morgan fingerprint density at radius 3 is 2.94 bits per heavy atom. The van der Waals surface area contributed by atoms with Crippen molar-refractivity contribution >= 4 is 23.7 Å². The zero-order valence-corrected chi connectivity index (χ0v) is 10.3. The Morgan fingerprint density at radius 1 is 1.56 bits per heavy atom. The molecule has 0 bridgehead atoms. The molecule has 0 aliphatic carbocycles. The predicted octanol–water partition coefficient (Wildman–Crippen LogP) is 0.178. The zero-order valence-electron chi connectivity index (χ0n) is 9.44. The summed E-state index contributed by atoms with van der Waals surface area (Å²) in [6.07, 6.45) is 2.59. The van der Waals surface area contributed by atoms with Gasteiger partial charge in [0.1, 0.15) is 11.9 Å². The molecule has 8 nitrogen and oxygen atoms in total. The fraction of sp³-hybridized carbons (Fsp3) is 0.222. The number of hydrogen-bond acceptors (Lipinski definition) is 7. The summed E-state index contributed by atoms with van der Waals surface area (Å²) >= 11 is 1.31. The van der Waals surface area contributed by atoms with Crippen molar-refractivity contribution in [1.82, 2.24) is 24.7 Å². The highest BCUT2D eigenvalue weighted by atomic mass is 32.2. The van der Waals surface area contributed by atoms with Gasteiger partial charge in [-0.05, 0) is 0 Å². The first kappa shape index (κ1) is 12.3. The standard InChI is InChI=1S/C9H10N6O2S/c1-15-8(10)13-14-9(15)18-3-6-5(7(16)17)2-11-4-12-6/h2,4H,3H2,1H3,(H2,10,13)(H,16,17). The van der Waals surface area contributed by atoms with Gasteiger partial charge in [-0.1, -0.05) is 11.8 Å². The van der Waals surface area contributed by atoms with Gasteiger partial charge in [-0.15, -0.1) is 10.2 Å². The topological polar surface area (TPSA) is 120 Å². The maximum Gasteiger partial charge on any atom is 0.339 e. The van der Waals surface area contributed by atoms with Crippen LogP contribution in [0.1, 0.15) is 16.1 Å². The van der Waals surface area contributed by atoms with Crippen LogP contribution in [0.25, 0.3) is 0 Å². The fourth-order valence-electron chi connectivity index (χ4n) is 1.23. The number of nitrogens with two attached hydrogens (primary N) is 1. The molecule has 2 rings (SSSR count). The molecule has 0 saturated heterocycles. The van der Waals surface area contributed by atoms with Crippen LogP contribution < -0.4 is 5.73 Å². The smallest absolute Gasteiger partial charge is 0.339 e. The number of carbonyl (C=O) groups is 1. The number of aromatic carboxylic acids is 1. The van der Waals surface area contributed by atoms with Crippen molar-refractivity contribution in [2.24, 2.45) is 7.05 Å². The van der Waals surface area contributed by atoms with Gasteiger partial charge in [0.25, 0.3) is 0 Å². The average Bonchev–Trinajstić information content (AvgIpc) is 2.68. The first-order chi connectivity index (χ1) is 8.59. The normalized spacial score (nSPS) is 10.5. The number of carboxylic acids is 1.